The molecule has 150 valence electrons. The fourth-order valence-electron chi connectivity index (χ4n) is 2.76. The van der Waals surface area contributed by atoms with Crippen LogP contribution >= 0.6 is 0 Å². The van der Waals surface area contributed by atoms with E-state index in [-0.39, 0.29) is 11.2 Å². The Balaban J connectivity index is 2.32. The monoisotopic (exact) mass is 380 g/mol. The number of carbonyl (C=O) groups excluding carboxylic acids is 1. The van der Waals surface area contributed by atoms with Gasteiger partial charge in [0.15, 0.2) is 5.76 Å². The van der Waals surface area contributed by atoms with Crippen LogP contribution in [0.4, 0.5) is 0 Å². The summed E-state index contributed by atoms with van der Waals surface area (Å²) in [5.41, 5.74) is 2.84. The molecule has 0 saturated carbocycles. The van der Waals surface area contributed by atoms with Crippen molar-refractivity contribution in [1.82, 2.24) is 0 Å². The van der Waals surface area contributed by atoms with E-state index in [4.69, 9.17) is 9.47 Å². The van der Waals surface area contributed by atoms with Gasteiger partial charge in [0.25, 0.3) is 0 Å². The van der Waals surface area contributed by atoms with E-state index in [9.17, 15) is 4.79 Å². The van der Waals surface area contributed by atoms with Gasteiger partial charge in [-0.3, -0.25) is 4.79 Å². The van der Waals surface area contributed by atoms with E-state index >= 15 is 0 Å². The number of ether oxygens (including phenoxy) is 2. The van der Waals surface area contributed by atoms with E-state index in [2.05, 4.69) is 39.8 Å². The first kappa shape index (κ1) is 21.7. The summed E-state index contributed by atoms with van der Waals surface area (Å²) in [6.07, 6.45) is 3.78. The zero-order valence-electron chi connectivity index (χ0n) is 17.7. The number of hydrogen-bond acceptors (Lipinski definition) is 3. The van der Waals surface area contributed by atoms with Gasteiger partial charge >= 0.3 is 0 Å². The van der Waals surface area contributed by atoms with Crippen molar-refractivity contribution in [3.05, 3.63) is 71.0 Å². The summed E-state index contributed by atoms with van der Waals surface area (Å²) in [6.45, 7) is 11.7. The molecule has 0 unspecified atom stereocenters. The maximum Gasteiger partial charge on any atom is 0.227 e. The van der Waals surface area contributed by atoms with Gasteiger partial charge in [-0.1, -0.05) is 58.4 Å². The number of Topliss-reactive ketones (excluding diaryl/α,β-unsaturated/α-hetero) is 1. The largest absolute Gasteiger partial charge is 0.494 e. The molecule has 2 aromatic rings. The van der Waals surface area contributed by atoms with Crippen LogP contribution in [0, 0.1) is 0 Å². The Hall–Kier alpha value is -2.55. The smallest absolute Gasteiger partial charge is 0.227 e. The summed E-state index contributed by atoms with van der Waals surface area (Å²) in [5.74, 6) is 1.03. The number of rotatable bonds is 9. The van der Waals surface area contributed by atoms with E-state index in [1.54, 1.807) is 12.1 Å². The first-order valence-electron chi connectivity index (χ1n) is 10.1. The Morgan fingerprint density at radius 1 is 1.04 bits per heavy atom. The standard InChI is InChI=1S/C25H32O3/c1-6-8-16-28-23(18-19-10-9-11-21(17-19)25(3,4)5)24(26)20-12-14-22(15-13-20)27-7-2/h9-15,17-18H,6-8,16H2,1-5H3. The van der Waals surface area contributed by atoms with E-state index in [1.165, 1.54) is 5.56 Å². The molecule has 3 nitrogen and oxygen atoms in total. The highest BCUT2D eigenvalue weighted by Gasteiger charge is 2.16. The first-order valence-corrected chi connectivity index (χ1v) is 10.1. The van der Waals surface area contributed by atoms with Crippen LogP contribution in [0.25, 0.3) is 6.08 Å². The predicted octanol–water partition coefficient (Wildman–Crippen LogP) is 6.42. The highest BCUT2D eigenvalue weighted by atomic mass is 16.5. The van der Waals surface area contributed by atoms with Gasteiger partial charge < -0.3 is 9.47 Å². The van der Waals surface area contributed by atoms with Crippen molar-refractivity contribution in [3.63, 3.8) is 0 Å². The molecule has 0 aliphatic rings. The molecule has 2 rings (SSSR count). The average molecular weight is 381 g/mol. The maximum absolute atomic E-state index is 13.1. The summed E-state index contributed by atoms with van der Waals surface area (Å²) in [5, 5.41) is 0. The highest BCUT2D eigenvalue weighted by Crippen LogP contribution is 2.24. The van der Waals surface area contributed by atoms with Crippen LogP contribution in [-0.2, 0) is 10.2 Å². The molecule has 0 heterocycles. The molecule has 0 atom stereocenters. The lowest BCUT2D eigenvalue weighted by molar-refractivity contribution is 0.0920. The number of benzene rings is 2. The van der Waals surface area contributed by atoms with Crippen LogP contribution in [-0.4, -0.2) is 19.0 Å². The van der Waals surface area contributed by atoms with Crippen molar-refractivity contribution < 1.29 is 14.3 Å². The molecular weight excluding hydrogens is 348 g/mol. The molecule has 3 heteroatoms. The Morgan fingerprint density at radius 3 is 2.36 bits per heavy atom. The highest BCUT2D eigenvalue weighted by molar-refractivity contribution is 6.09. The maximum atomic E-state index is 13.1. The van der Waals surface area contributed by atoms with Crippen molar-refractivity contribution in [2.75, 3.05) is 13.2 Å². The first-order chi connectivity index (χ1) is 13.3. The zero-order chi connectivity index (χ0) is 20.6. The second kappa shape index (κ2) is 10.1. The molecule has 0 amide bonds. The molecule has 28 heavy (non-hydrogen) atoms. The predicted molar refractivity (Wildman–Crippen MR) is 116 cm³/mol. The minimum Gasteiger partial charge on any atom is -0.494 e. The van der Waals surface area contributed by atoms with Crippen LogP contribution in [0.2, 0.25) is 0 Å². The molecule has 2 aromatic carbocycles. The van der Waals surface area contributed by atoms with Crippen LogP contribution < -0.4 is 4.74 Å². The number of carbonyl (C=O) groups is 1. The quantitative estimate of drug-likeness (QED) is 0.218. The number of unbranched alkanes of at least 4 members (excludes halogenated alkanes) is 1. The number of ketones is 1. The van der Waals surface area contributed by atoms with E-state index in [0.717, 1.165) is 24.2 Å². The molecule has 0 bridgehead atoms. The van der Waals surface area contributed by atoms with Crippen molar-refractivity contribution in [1.29, 1.82) is 0 Å². The van der Waals surface area contributed by atoms with Crippen molar-refractivity contribution in [2.24, 2.45) is 0 Å². The normalized spacial score (nSPS) is 12.0. The van der Waals surface area contributed by atoms with Crippen molar-refractivity contribution >= 4 is 11.9 Å². The van der Waals surface area contributed by atoms with Gasteiger partial charge in [-0.25, -0.2) is 0 Å². The fraction of sp³-hybridized carbons (Fsp3) is 0.400. The lowest BCUT2D eigenvalue weighted by Gasteiger charge is -2.19. The summed E-state index contributed by atoms with van der Waals surface area (Å²) in [6, 6.07) is 15.5. The molecule has 0 aromatic heterocycles. The van der Waals surface area contributed by atoms with Gasteiger partial charge in [0.2, 0.25) is 5.78 Å². The van der Waals surface area contributed by atoms with E-state index in [0.29, 0.717) is 24.5 Å². The second-order valence-electron chi connectivity index (χ2n) is 7.87. The molecule has 0 aliphatic carbocycles. The molecule has 0 N–H and O–H groups in total. The summed E-state index contributed by atoms with van der Waals surface area (Å²) >= 11 is 0. The molecule has 0 fully saturated rings. The minimum absolute atomic E-state index is 0.0478. The van der Waals surface area contributed by atoms with Gasteiger partial charge in [-0.05, 0) is 60.2 Å². The molecule has 0 aliphatic heterocycles. The van der Waals surface area contributed by atoms with Crippen LogP contribution in [0.3, 0.4) is 0 Å². The summed E-state index contributed by atoms with van der Waals surface area (Å²) in [4.78, 5) is 13.1. The van der Waals surface area contributed by atoms with Crippen LogP contribution in [0.1, 0.15) is 68.9 Å². The lowest BCUT2D eigenvalue weighted by atomic mass is 9.86. The van der Waals surface area contributed by atoms with E-state index in [1.807, 2.05) is 37.3 Å². The second-order valence-corrected chi connectivity index (χ2v) is 7.87. The SMILES string of the molecule is CCCCOC(=Cc1cccc(C(C)(C)C)c1)C(=O)c1ccc(OCC)cc1. The molecule has 0 radical (unpaired) electrons. The summed E-state index contributed by atoms with van der Waals surface area (Å²) in [7, 11) is 0. The van der Waals surface area contributed by atoms with Crippen molar-refractivity contribution in [3.8, 4) is 5.75 Å². The number of hydrogen-bond donors (Lipinski definition) is 0. The lowest BCUT2D eigenvalue weighted by Crippen LogP contribution is -2.11. The van der Waals surface area contributed by atoms with Gasteiger partial charge in [-0.2, -0.15) is 0 Å². The Labute approximate surface area is 169 Å². The molecule has 0 saturated heterocycles. The van der Waals surface area contributed by atoms with Gasteiger partial charge in [0.05, 0.1) is 13.2 Å². The third-order valence-corrected chi connectivity index (χ3v) is 4.46. The Kier molecular flexibility index (Phi) is 7.86. The Morgan fingerprint density at radius 2 is 1.75 bits per heavy atom. The minimum atomic E-state index is -0.111. The van der Waals surface area contributed by atoms with Gasteiger partial charge in [-0.15, -0.1) is 0 Å². The average Bonchev–Trinajstić information content (AvgIpc) is 2.67. The van der Waals surface area contributed by atoms with E-state index < -0.39 is 0 Å². The van der Waals surface area contributed by atoms with Crippen LogP contribution in [0.5, 0.6) is 5.75 Å². The fourth-order valence-corrected chi connectivity index (χ4v) is 2.76. The van der Waals surface area contributed by atoms with Gasteiger partial charge in [0, 0.05) is 5.56 Å². The number of allylic oxidation sites excluding steroid dienone is 1. The van der Waals surface area contributed by atoms with Gasteiger partial charge in [0.1, 0.15) is 5.75 Å². The van der Waals surface area contributed by atoms with Crippen molar-refractivity contribution in [2.45, 2.75) is 52.9 Å². The third-order valence-electron chi connectivity index (χ3n) is 4.46. The zero-order valence-corrected chi connectivity index (χ0v) is 17.7. The molecule has 0 spiro atoms. The third kappa shape index (κ3) is 6.26. The Bertz CT molecular complexity index is 795. The molecular formula is C25H32O3. The topological polar surface area (TPSA) is 35.5 Å². The summed E-state index contributed by atoms with van der Waals surface area (Å²) < 4.78 is 11.4. The van der Waals surface area contributed by atoms with Crippen LogP contribution in [0.15, 0.2) is 54.3 Å².